The first-order chi connectivity index (χ1) is 9.34. The molecule has 0 saturated heterocycles. The van der Waals surface area contributed by atoms with Gasteiger partial charge in [-0.3, -0.25) is 4.40 Å². The number of benzene rings is 2. The van der Waals surface area contributed by atoms with Crippen LogP contribution >= 0.6 is 27.3 Å². The zero-order chi connectivity index (χ0) is 12.6. The van der Waals surface area contributed by atoms with Gasteiger partial charge in [-0.05, 0) is 29.6 Å². The third-order valence-corrected chi connectivity index (χ3v) is 5.28. The SMILES string of the molecule is Brc1ccc2c(c1)c1cccc3c4ccsc4n2c13. The summed E-state index contributed by atoms with van der Waals surface area (Å²) < 4.78 is 3.54. The molecule has 0 atom stereocenters. The van der Waals surface area contributed by atoms with Crippen LogP contribution in [0.3, 0.4) is 0 Å². The summed E-state index contributed by atoms with van der Waals surface area (Å²) in [6.07, 6.45) is 0. The molecule has 2 aromatic carbocycles. The monoisotopic (exact) mass is 325 g/mol. The van der Waals surface area contributed by atoms with Crippen molar-refractivity contribution >= 4 is 64.7 Å². The number of thiophene rings is 1. The van der Waals surface area contributed by atoms with E-state index in [-0.39, 0.29) is 0 Å². The smallest absolute Gasteiger partial charge is 0.108 e. The third-order valence-electron chi connectivity index (χ3n) is 3.89. The molecule has 3 heteroatoms. The number of halogens is 1. The lowest BCUT2D eigenvalue weighted by Crippen LogP contribution is -1.76. The molecule has 0 radical (unpaired) electrons. The molecule has 5 rings (SSSR count). The summed E-state index contributed by atoms with van der Waals surface area (Å²) >= 11 is 5.40. The van der Waals surface area contributed by atoms with Crippen molar-refractivity contribution in [3.05, 3.63) is 52.3 Å². The predicted octanol–water partition coefficient (Wildman–Crippen LogP) is 5.66. The van der Waals surface area contributed by atoms with Crippen molar-refractivity contribution in [2.75, 3.05) is 0 Å². The first-order valence-corrected chi connectivity index (χ1v) is 7.83. The topological polar surface area (TPSA) is 4.41 Å². The average molecular weight is 326 g/mol. The Morgan fingerprint density at radius 3 is 2.63 bits per heavy atom. The second-order valence-electron chi connectivity index (χ2n) is 4.84. The minimum atomic E-state index is 1.14. The van der Waals surface area contributed by atoms with E-state index < -0.39 is 0 Å². The van der Waals surface area contributed by atoms with Gasteiger partial charge in [-0.2, -0.15) is 0 Å². The van der Waals surface area contributed by atoms with Gasteiger partial charge in [-0.1, -0.05) is 34.1 Å². The summed E-state index contributed by atoms with van der Waals surface area (Å²) in [4.78, 5) is 1.35. The Morgan fingerprint density at radius 1 is 0.895 bits per heavy atom. The summed E-state index contributed by atoms with van der Waals surface area (Å²) in [7, 11) is 0. The Kier molecular flexibility index (Phi) is 1.78. The predicted molar refractivity (Wildman–Crippen MR) is 86.7 cm³/mol. The van der Waals surface area contributed by atoms with Crippen LogP contribution in [0.2, 0.25) is 0 Å². The molecule has 0 N–H and O–H groups in total. The van der Waals surface area contributed by atoms with Gasteiger partial charge in [0.1, 0.15) is 4.83 Å². The van der Waals surface area contributed by atoms with Crippen LogP contribution in [-0.4, -0.2) is 4.40 Å². The van der Waals surface area contributed by atoms with Gasteiger partial charge in [-0.25, -0.2) is 0 Å². The number of para-hydroxylation sites is 1. The largest absolute Gasteiger partial charge is 0.300 e. The van der Waals surface area contributed by atoms with Crippen LogP contribution in [0, 0.1) is 0 Å². The van der Waals surface area contributed by atoms with E-state index in [1.165, 1.54) is 37.4 Å². The van der Waals surface area contributed by atoms with E-state index in [0.717, 1.165) is 4.47 Å². The van der Waals surface area contributed by atoms with Crippen molar-refractivity contribution in [1.29, 1.82) is 0 Å². The molecule has 5 aromatic rings. The van der Waals surface area contributed by atoms with Gasteiger partial charge in [0.25, 0.3) is 0 Å². The Labute approximate surface area is 121 Å². The molecule has 19 heavy (non-hydrogen) atoms. The fraction of sp³-hybridized carbons (Fsp3) is 0. The van der Waals surface area contributed by atoms with Gasteiger partial charge in [0.15, 0.2) is 0 Å². The molecule has 0 aliphatic heterocycles. The minimum Gasteiger partial charge on any atom is -0.300 e. The zero-order valence-electron chi connectivity index (χ0n) is 9.85. The van der Waals surface area contributed by atoms with Crippen LogP contribution in [0.15, 0.2) is 52.3 Å². The van der Waals surface area contributed by atoms with E-state index in [2.05, 4.69) is 68.2 Å². The summed E-state index contributed by atoms with van der Waals surface area (Å²) in [6.45, 7) is 0. The lowest BCUT2D eigenvalue weighted by molar-refractivity contribution is 1.39. The molecule has 0 aliphatic rings. The van der Waals surface area contributed by atoms with Gasteiger partial charge in [0.2, 0.25) is 0 Å². The number of rotatable bonds is 0. The summed E-state index contributed by atoms with van der Waals surface area (Å²) in [5.41, 5.74) is 2.66. The van der Waals surface area contributed by atoms with E-state index >= 15 is 0 Å². The molecule has 3 aromatic heterocycles. The van der Waals surface area contributed by atoms with Crippen molar-refractivity contribution in [3.63, 3.8) is 0 Å². The van der Waals surface area contributed by atoms with Crippen molar-refractivity contribution in [2.45, 2.75) is 0 Å². The minimum absolute atomic E-state index is 1.14. The van der Waals surface area contributed by atoms with Gasteiger partial charge in [-0.15, -0.1) is 11.3 Å². The second kappa shape index (κ2) is 3.30. The lowest BCUT2D eigenvalue weighted by Gasteiger charge is -1.94. The van der Waals surface area contributed by atoms with Gasteiger partial charge >= 0.3 is 0 Å². The summed E-state index contributed by atoms with van der Waals surface area (Å²) in [5.74, 6) is 0. The van der Waals surface area contributed by atoms with Crippen LogP contribution in [0.4, 0.5) is 0 Å². The molecule has 0 spiro atoms. The normalized spacial score (nSPS) is 12.5. The van der Waals surface area contributed by atoms with E-state index in [1.807, 2.05) is 11.3 Å². The highest BCUT2D eigenvalue weighted by Crippen LogP contribution is 2.41. The molecular formula is C16H8BrNS. The molecule has 3 heterocycles. The molecule has 90 valence electrons. The van der Waals surface area contributed by atoms with Crippen LogP contribution in [-0.2, 0) is 0 Å². The number of nitrogens with zero attached hydrogens (tertiary/aromatic N) is 1. The van der Waals surface area contributed by atoms with Crippen LogP contribution < -0.4 is 0 Å². The van der Waals surface area contributed by atoms with Crippen LogP contribution in [0.5, 0.6) is 0 Å². The molecule has 0 unspecified atom stereocenters. The van der Waals surface area contributed by atoms with Crippen LogP contribution in [0.25, 0.3) is 37.4 Å². The average Bonchev–Trinajstić information content (AvgIpc) is 3.06. The second-order valence-corrected chi connectivity index (χ2v) is 6.65. The molecule has 0 saturated carbocycles. The number of hydrogen-bond acceptors (Lipinski definition) is 1. The maximum atomic E-state index is 3.58. The van der Waals surface area contributed by atoms with Crippen molar-refractivity contribution in [2.24, 2.45) is 0 Å². The molecule has 0 bridgehead atoms. The zero-order valence-corrected chi connectivity index (χ0v) is 12.3. The molecule has 1 nitrogen and oxygen atoms in total. The van der Waals surface area contributed by atoms with Gasteiger partial charge in [0, 0.05) is 26.0 Å². The number of hydrogen-bond donors (Lipinski definition) is 0. The molecule has 0 aliphatic carbocycles. The molecule has 0 amide bonds. The van der Waals surface area contributed by atoms with Gasteiger partial charge < -0.3 is 0 Å². The summed E-state index contributed by atoms with van der Waals surface area (Å²) in [5, 5.41) is 7.58. The van der Waals surface area contributed by atoms with Crippen molar-refractivity contribution in [1.82, 2.24) is 4.40 Å². The van der Waals surface area contributed by atoms with Crippen LogP contribution in [0.1, 0.15) is 0 Å². The highest BCUT2D eigenvalue weighted by molar-refractivity contribution is 9.10. The molecular weight excluding hydrogens is 318 g/mol. The third kappa shape index (κ3) is 1.11. The fourth-order valence-electron chi connectivity index (χ4n) is 3.15. The summed E-state index contributed by atoms with van der Waals surface area (Å²) in [6, 6.07) is 15.4. The molecule has 0 fully saturated rings. The Hall–Kier alpha value is -1.58. The first kappa shape index (κ1) is 10.2. The standard InChI is InChI=1S/C16H8BrNS/c17-9-4-5-14-13(8-9)11-3-1-2-10-12-6-7-19-16(12)18(14)15(10)11/h1-8H. The maximum Gasteiger partial charge on any atom is 0.108 e. The Morgan fingerprint density at radius 2 is 1.74 bits per heavy atom. The van der Waals surface area contributed by atoms with E-state index in [9.17, 15) is 0 Å². The van der Waals surface area contributed by atoms with E-state index in [0.29, 0.717) is 0 Å². The van der Waals surface area contributed by atoms with Crippen molar-refractivity contribution in [3.8, 4) is 0 Å². The number of aromatic nitrogens is 1. The Balaban J connectivity index is 2.29. The van der Waals surface area contributed by atoms with E-state index in [1.54, 1.807) is 0 Å². The quantitative estimate of drug-likeness (QED) is 0.346. The van der Waals surface area contributed by atoms with E-state index in [4.69, 9.17) is 0 Å². The van der Waals surface area contributed by atoms with Crippen molar-refractivity contribution < 1.29 is 0 Å². The highest BCUT2D eigenvalue weighted by atomic mass is 79.9. The fourth-order valence-corrected chi connectivity index (χ4v) is 4.44. The maximum absolute atomic E-state index is 3.58. The first-order valence-electron chi connectivity index (χ1n) is 6.15. The number of fused-ring (bicyclic) bond motifs is 6. The highest BCUT2D eigenvalue weighted by Gasteiger charge is 2.17. The van der Waals surface area contributed by atoms with Gasteiger partial charge in [0.05, 0.1) is 11.0 Å². The lowest BCUT2D eigenvalue weighted by atomic mass is 10.1. The Bertz CT molecular complexity index is 1070.